The van der Waals surface area contributed by atoms with Crippen molar-refractivity contribution < 1.29 is 19.4 Å². The number of carboxylic acid groups (broad SMARTS) is 1. The van der Waals surface area contributed by atoms with E-state index in [0.717, 1.165) is 10.2 Å². The molecule has 0 aromatic rings. The third kappa shape index (κ3) is 2.42. The van der Waals surface area contributed by atoms with Gasteiger partial charge in [0.25, 0.3) is 0 Å². The van der Waals surface area contributed by atoms with E-state index in [1.54, 1.807) is 0 Å². The monoisotopic (exact) mass is 216 g/mol. The summed E-state index contributed by atoms with van der Waals surface area (Å²) in [7, 11) is 4.19. The van der Waals surface area contributed by atoms with Crippen LogP contribution in [0.2, 0.25) is 0 Å². The maximum atomic E-state index is 10.7. The van der Waals surface area contributed by atoms with Gasteiger partial charge in [0.1, 0.15) is 0 Å². The number of rotatable bonds is 2. The molecule has 8 nitrogen and oxygen atoms in total. The Morgan fingerprint density at radius 3 is 2.73 bits per heavy atom. The molecule has 1 aliphatic rings. The third-order valence-corrected chi connectivity index (χ3v) is 1.65. The maximum Gasteiger partial charge on any atom is 0.428 e. The van der Waals surface area contributed by atoms with Crippen LogP contribution in [-0.2, 0) is 9.47 Å². The van der Waals surface area contributed by atoms with E-state index in [9.17, 15) is 4.79 Å². The Kier molecular flexibility index (Phi) is 3.21. The van der Waals surface area contributed by atoms with Crippen LogP contribution in [0.15, 0.2) is 17.1 Å². The van der Waals surface area contributed by atoms with Crippen molar-refractivity contribution in [2.75, 3.05) is 21.3 Å². The molecule has 0 spiro atoms. The fourth-order valence-electron chi connectivity index (χ4n) is 0.818. The molecule has 2 N–H and O–H groups in total. The van der Waals surface area contributed by atoms with Crippen molar-refractivity contribution in [2.24, 2.45) is 5.10 Å². The molecule has 0 atom stereocenters. The second-order valence-electron chi connectivity index (χ2n) is 2.56. The minimum absolute atomic E-state index is 0.235. The van der Waals surface area contributed by atoms with Gasteiger partial charge < -0.3 is 14.6 Å². The quantitative estimate of drug-likeness (QED) is 0.663. The van der Waals surface area contributed by atoms with Crippen LogP contribution >= 0.6 is 0 Å². The summed E-state index contributed by atoms with van der Waals surface area (Å²) in [5, 5.41) is 14.4. The van der Waals surface area contributed by atoms with Crippen molar-refractivity contribution in [3.63, 3.8) is 0 Å². The van der Waals surface area contributed by atoms with E-state index in [0.29, 0.717) is 5.88 Å². The van der Waals surface area contributed by atoms with Gasteiger partial charge in [0, 0.05) is 7.05 Å². The standard InChI is InChI=1S/C7H12N4O4/c1-10(7(12)13)11-8-5(14-2)4-6(9-11)15-3/h4,8H,1-3H3,(H,12,13). The van der Waals surface area contributed by atoms with Crippen molar-refractivity contribution >= 4 is 12.0 Å². The number of amides is 1. The Morgan fingerprint density at radius 2 is 2.27 bits per heavy atom. The number of carbonyl (C=O) groups is 1. The molecule has 8 heteroatoms. The number of ether oxygens (including phenoxy) is 2. The van der Waals surface area contributed by atoms with Crippen LogP contribution in [-0.4, -0.2) is 48.6 Å². The summed E-state index contributed by atoms with van der Waals surface area (Å²) in [6.45, 7) is 0. The van der Waals surface area contributed by atoms with Crippen molar-refractivity contribution in [2.45, 2.75) is 0 Å². The van der Waals surface area contributed by atoms with Crippen molar-refractivity contribution in [1.29, 1.82) is 0 Å². The van der Waals surface area contributed by atoms with Gasteiger partial charge in [-0.05, 0) is 0 Å². The molecule has 0 saturated carbocycles. The summed E-state index contributed by atoms with van der Waals surface area (Å²) in [6, 6.07) is 0. The van der Waals surface area contributed by atoms with Gasteiger partial charge in [-0.15, -0.1) is 0 Å². The Morgan fingerprint density at radius 1 is 1.60 bits per heavy atom. The highest BCUT2D eigenvalue weighted by atomic mass is 16.5. The lowest BCUT2D eigenvalue weighted by Crippen LogP contribution is -2.50. The van der Waals surface area contributed by atoms with Crippen LogP contribution in [0.4, 0.5) is 4.79 Å². The molecule has 0 aromatic heterocycles. The lowest BCUT2D eigenvalue weighted by atomic mass is 10.5. The highest BCUT2D eigenvalue weighted by molar-refractivity contribution is 5.88. The van der Waals surface area contributed by atoms with E-state index in [1.165, 1.54) is 27.3 Å². The number of hydrogen-bond donors (Lipinski definition) is 2. The minimum Gasteiger partial charge on any atom is -0.481 e. The molecule has 0 radical (unpaired) electrons. The van der Waals surface area contributed by atoms with E-state index in [4.69, 9.17) is 14.6 Å². The molecule has 0 saturated heterocycles. The first-order valence-electron chi connectivity index (χ1n) is 4.00. The van der Waals surface area contributed by atoms with Crippen LogP contribution < -0.4 is 5.43 Å². The highest BCUT2D eigenvalue weighted by Crippen LogP contribution is 2.05. The summed E-state index contributed by atoms with van der Waals surface area (Å²) in [4.78, 5) is 10.7. The molecule has 15 heavy (non-hydrogen) atoms. The predicted molar refractivity (Wildman–Crippen MR) is 50.3 cm³/mol. The number of nitrogens with zero attached hydrogens (tertiary/aromatic N) is 3. The smallest absolute Gasteiger partial charge is 0.428 e. The summed E-state index contributed by atoms with van der Waals surface area (Å²) < 4.78 is 9.79. The first kappa shape index (κ1) is 11.0. The van der Waals surface area contributed by atoms with Gasteiger partial charge >= 0.3 is 6.09 Å². The molecular weight excluding hydrogens is 204 g/mol. The van der Waals surface area contributed by atoms with Gasteiger partial charge in [-0.2, -0.15) is 5.01 Å². The zero-order valence-electron chi connectivity index (χ0n) is 8.59. The van der Waals surface area contributed by atoms with E-state index in [1.807, 2.05) is 0 Å². The topological polar surface area (TPSA) is 86.6 Å². The second-order valence-corrected chi connectivity index (χ2v) is 2.56. The van der Waals surface area contributed by atoms with Gasteiger partial charge in [0.05, 0.1) is 20.3 Å². The molecule has 1 amide bonds. The van der Waals surface area contributed by atoms with Crippen LogP contribution in [0, 0.1) is 0 Å². The van der Waals surface area contributed by atoms with Gasteiger partial charge in [0.2, 0.25) is 11.8 Å². The molecule has 0 aromatic carbocycles. The molecule has 0 unspecified atom stereocenters. The Balaban J connectivity index is 2.82. The number of hydrogen-bond acceptors (Lipinski definition) is 6. The normalized spacial score (nSPS) is 14.7. The first-order valence-corrected chi connectivity index (χ1v) is 4.00. The fourth-order valence-corrected chi connectivity index (χ4v) is 0.818. The number of hydrazone groups is 1. The molecule has 0 bridgehead atoms. The van der Waals surface area contributed by atoms with E-state index in [2.05, 4.69) is 10.5 Å². The second kappa shape index (κ2) is 4.40. The molecular formula is C7H12N4O4. The first-order chi connectivity index (χ1) is 7.08. The van der Waals surface area contributed by atoms with Gasteiger partial charge in [-0.25, -0.2) is 10.2 Å². The summed E-state index contributed by atoms with van der Waals surface area (Å²) in [5.74, 6) is 0.564. The number of hydrazine groups is 2. The van der Waals surface area contributed by atoms with Gasteiger partial charge in [-0.1, -0.05) is 10.3 Å². The maximum absolute atomic E-state index is 10.7. The van der Waals surface area contributed by atoms with Crippen LogP contribution in [0.1, 0.15) is 0 Å². The predicted octanol–water partition coefficient (Wildman–Crippen LogP) is -0.221. The third-order valence-electron chi connectivity index (χ3n) is 1.65. The van der Waals surface area contributed by atoms with E-state index in [-0.39, 0.29) is 5.90 Å². The van der Waals surface area contributed by atoms with Crippen molar-refractivity contribution in [1.82, 2.24) is 15.7 Å². The lowest BCUT2D eigenvalue weighted by molar-refractivity contribution is -0.0398. The minimum atomic E-state index is -1.17. The largest absolute Gasteiger partial charge is 0.481 e. The van der Waals surface area contributed by atoms with Gasteiger partial charge in [-0.3, -0.25) is 0 Å². The van der Waals surface area contributed by atoms with Crippen LogP contribution in [0.3, 0.4) is 0 Å². The van der Waals surface area contributed by atoms with Gasteiger partial charge in [0.15, 0.2) is 0 Å². The van der Waals surface area contributed by atoms with Crippen LogP contribution in [0.25, 0.3) is 0 Å². The van der Waals surface area contributed by atoms with Crippen LogP contribution in [0.5, 0.6) is 0 Å². The zero-order chi connectivity index (χ0) is 11.4. The lowest BCUT2D eigenvalue weighted by Gasteiger charge is -2.29. The molecule has 1 rings (SSSR count). The van der Waals surface area contributed by atoms with Crippen molar-refractivity contribution in [3.8, 4) is 0 Å². The Hall–Kier alpha value is -2.12. The molecule has 1 heterocycles. The summed E-state index contributed by atoms with van der Waals surface area (Å²) in [5.41, 5.74) is 2.60. The number of nitrogens with one attached hydrogen (secondary N) is 1. The SMILES string of the molecule is COC1=CC(OC)=NN(N(C)C(=O)O)N1. The zero-order valence-corrected chi connectivity index (χ0v) is 8.59. The average molecular weight is 216 g/mol. The van der Waals surface area contributed by atoms with E-state index >= 15 is 0 Å². The summed E-state index contributed by atoms with van der Waals surface area (Å²) in [6.07, 6.45) is 0.325. The molecule has 1 aliphatic heterocycles. The molecule has 0 aliphatic carbocycles. The highest BCUT2D eigenvalue weighted by Gasteiger charge is 2.20. The van der Waals surface area contributed by atoms with Crippen molar-refractivity contribution in [3.05, 3.63) is 12.0 Å². The summed E-state index contributed by atoms with van der Waals surface area (Å²) >= 11 is 0. The Labute approximate surface area is 86.3 Å². The number of methoxy groups -OCH3 is 2. The molecule has 84 valence electrons. The Bertz CT molecular complexity index is 314. The molecule has 0 fully saturated rings. The average Bonchev–Trinajstić information content (AvgIpc) is 2.27. The fraction of sp³-hybridized carbons (Fsp3) is 0.429. The van der Waals surface area contributed by atoms with E-state index < -0.39 is 6.09 Å².